The number of rotatable bonds is 6. The highest BCUT2D eigenvalue weighted by Crippen LogP contribution is 2.33. The quantitative estimate of drug-likeness (QED) is 0.302. The van der Waals surface area contributed by atoms with E-state index < -0.39 is 18.5 Å². The number of nitriles is 1. The highest BCUT2D eigenvalue weighted by molar-refractivity contribution is 14.1. The molecule has 0 aromatic heterocycles. The smallest absolute Gasteiger partial charge is 0.341 e. The number of ether oxygens (including phenoxy) is 1. The van der Waals surface area contributed by atoms with Gasteiger partial charge < -0.3 is 15.2 Å². The monoisotopic (exact) mass is 560 g/mol. The summed E-state index contributed by atoms with van der Waals surface area (Å²) in [6, 6.07) is 11.9. The van der Waals surface area contributed by atoms with Crippen LogP contribution in [-0.4, -0.2) is 23.6 Å². The first-order valence-corrected chi connectivity index (χ1v) is 9.58. The van der Waals surface area contributed by atoms with Crippen LogP contribution in [0.4, 0.5) is 5.69 Å². The molecule has 1 amide bonds. The molecule has 0 aliphatic carbocycles. The van der Waals surface area contributed by atoms with Gasteiger partial charge in [-0.3, -0.25) is 4.79 Å². The molecule has 0 saturated heterocycles. The van der Waals surface area contributed by atoms with E-state index in [1.165, 1.54) is 6.08 Å². The molecule has 2 rings (SSSR count). The SMILES string of the molecule is N#C/C(=C\c1cc(Br)c(OCC(=O)O)c(I)c1)C(=O)Nc1ccccc1Cl. The molecule has 0 saturated carbocycles. The Morgan fingerprint density at radius 3 is 2.67 bits per heavy atom. The summed E-state index contributed by atoms with van der Waals surface area (Å²) in [4.78, 5) is 23.0. The minimum absolute atomic E-state index is 0.114. The highest BCUT2D eigenvalue weighted by atomic mass is 127. The van der Waals surface area contributed by atoms with E-state index in [4.69, 9.17) is 21.4 Å². The lowest BCUT2D eigenvalue weighted by Crippen LogP contribution is -2.13. The van der Waals surface area contributed by atoms with Crippen molar-refractivity contribution in [2.45, 2.75) is 0 Å². The Bertz CT molecular complexity index is 949. The van der Waals surface area contributed by atoms with Gasteiger partial charge in [0.1, 0.15) is 17.4 Å². The number of nitrogens with one attached hydrogen (secondary N) is 1. The standard InChI is InChI=1S/C18H11BrClIN2O4/c19-12-6-10(7-14(21)17(12)27-9-16(24)25)5-11(8-22)18(26)23-15-4-2-1-3-13(15)20/h1-7H,9H2,(H,23,26)(H,24,25)/b11-5+. The number of carbonyl (C=O) groups excluding carboxylic acids is 1. The lowest BCUT2D eigenvalue weighted by Gasteiger charge is -2.10. The molecule has 0 aliphatic heterocycles. The second kappa shape index (κ2) is 9.73. The zero-order valence-electron chi connectivity index (χ0n) is 13.5. The number of amides is 1. The van der Waals surface area contributed by atoms with Crippen molar-refractivity contribution in [2.75, 3.05) is 11.9 Å². The van der Waals surface area contributed by atoms with Gasteiger partial charge in [-0.25, -0.2) is 4.79 Å². The Labute approximate surface area is 182 Å². The second-order valence-electron chi connectivity index (χ2n) is 5.10. The van der Waals surface area contributed by atoms with Crippen LogP contribution >= 0.6 is 50.1 Å². The molecule has 0 heterocycles. The number of para-hydroxylation sites is 1. The Morgan fingerprint density at radius 1 is 1.37 bits per heavy atom. The van der Waals surface area contributed by atoms with Gasteiger partial charge in [0.2, 0.25) is 0 Å². The fraction of sp³-hybridized carbons (Fsp3) is 0.0556. The van der Waals surface area contributed by atoms with Gasteiger partial charge in [0.15, 0.2) is 6.61 Å². The molecule has 0 unspecified atom stereocenters. The third-order valence-electron chi connectivity index (χ3n) is 3.16. The first kappa shape index (κ1) is 21.2. The van der Waals surface area contributed by atoms with E-state index in [-0.39, 0.29) is 5.57 Å². The van der Waals surface area contributed by atoms with Crippen molar-refractivity contribution in [3.63, 3.8) is 0 Å². The molecule has 0 fully saturated rings. The van der Waals surface area contributed by atoms with Crippen LogP contribution in [0, 0.1) is 14.9 Å². The molecule has 0 aliphatic rings. The van der Waals surface area contributed by atoms with E-state index in [1.807, 2.05) is 28.7 Å². The van der Waals surface area contributed by atoms with Gasteiger partial charge in [0, 0.05) is 0 Å². The fourth-order valence-corrected chi connectivity index (χ4v) is 3.95. The molecule has 0 bridgehead atoms. The number of anilines is 1. The fourth-order valence-electron chi connectivity index (χ4n) is 2.00. The van der Waals surface area contributed by atoms with Crippen molar-refractivity contribution in [3.05, 3.63) is 60.6 Å². The van der Waals surface area contributed by atoms with Crippen LogP contribution in [0.2, 0.25) is 5.02 Å². The summed E-state index contributed by atoms with van der Waals surface area (Å²) in [5.74, 6) is -1.32. The summed E-state index contributed by atoms with van der Waals surface area (Å²) in [6.45, 7) is -0.479. The Morgan fingerprint density at radius 2 is 2.07 bits per heavy atom. The minimum atomic E-state index is -1.09. The first-order valence-electron chi connectivity index (χ1n) is 7.33. The lowest BCUT2D eigenvalue weighted by atomic mass is 10.1. The van der Waals surface area contributed by atoms with Crippen molar-refractivity contribution in [1.29, 1.82) is 5.26 Å². The summed E-state index contributed by atoms with van der Waals surface area (Å²) in [5, 5.41) is 21.0. The van der Waals surface area contributed by atoms with E-state index >= 15 is 0 Å². The number of halogens is 3. The van der Waals surface area contributed by atoms with E-state index in [0.29, 0.717) is 30.1 Å². The summed E-state index contributed by atoms with van der Waals surface area (Å²) in [6.07, 6.45) is 1.42. The topological polar surface area (TPSA) is 99.4 Å². The third-order valence-corrected chi connectivity index (χ3v) is 4.88. The van der Waals surface area contributed by atoms with Gasteiger partial charge >= 0.3 is 5.97 Å². The van der Waals surface area contributed by atoms with E-state index in [2.05, 4.69) is 21.2 Å². The number of carboxylic acid groups (broad SMARTS) is 1. The number of benzene rings is 2. The van der Waals surface area contributed by atoms with Crippen molar-refractivity contribution in [3.8, 4) is 11.8 Å². The Kier molecular flexibility index (Phi) is 7.65. The average Bonchev–Trinajstić information content (AvgIpc) is 2.60. The molecular weight excluding hydrogens is 550 g/mol. The van der Waals surface area contributed by atoms with Gasteiger partial charge in [-0.1, -0.05) is 23.7 Å². The van der Waals surface area contributed by atoms with Crippen LogP contribution in [0.3, 0.4) is 0 Å². The lowest BCUT2D eigenvalue weighted by molar-refractivity contribution is -0.139. The number of carbonyl (C=O) groups is 2. The molecule has 2 aromatic rings. The van der Waals surface area contributed by atoms with Crippen LogP contribution in [0.25, 0.3) is 6.08 Å². The van der Waals surface area contributed by atoms with E-state index in [9.17, 15) is 14.9 Å². The van der Waals surface area contributed by atoms with E-state index in [1.54, 1.807) is 36.4 Å². The number of aliphatic carboxylic acids is 1. The van der Waals surface area contributed by atoms with Crippen LogP contribution in [0.15, 0.2) is 46.4 Å². The highest BCUT2D eigenvalue weighted by Gasteiger charge is 2.14. The third kappa shape index (κ3) is 5.95. The summed E-state index contributed by atoms with van der Waals surface area (Å²) >= 11 is 11.3. The van der Waals surface area contributed by atoms with Crippen LogP contribution in [-0.2, 0) is 9.59 Å². The van der Waals surface area contributed by atoms with Crippen molar-refractivity contribution in [1.82, 2.24) is 0 Å². The van der Waals surface area contributed by atoms with Crippen molar-refractivity contribution in [2.24, 2.45) is 0 Å². The number of nitrogens with zero attached hydrogens (tertiary/aromatic N) is 1. The average molecular weight is 562 g/mol. The van der Waals surface area contributed by atoms with Crippen LogP contribution in [0.1, 0.15) is 5.56 Å². The largest absolute Gasteiger partial charge is 0.480 e. The molecule has 27 heavy (non-hydrogen) atoms. The normalized spacial score (nSPS) is 10.8. The molecule has 6 nitrogen and oxygen atoms in total. The maximum atomic E-state index is 12.4. The first-order chi connectivity index (χ1) is 12.8. The number of hydrogen-bond donors (Lipinski definition) is 2. The number of carboxylic acids is 1. The van der Waals surface area contributed by atoms with Gasteiger partial charge in [-0.15, -0.1) is 0 Å². The van der Waals surface area contributed by atoms with Crippen LogP contribution in [0.5, 0.6) is 5.75 Å². The molecule has 0 atom stereocenters. The molecule has 2 aromatic carbocycles. The predicted molar refractivity (Wildman–Crippen MR) is 114 cm³/mol. The Hall–Kier alpha value is -2.09. The zero-order valence-corrected chi connectivity index (χ0v) is 18.0. The van der Waals surface area contributed by atoms with Crippen molar-refractivity contribution >= 4 is 73.8 Å². The second-order valence-corrected chi connectivity index (χ2v) is 7.52. The molecule has 0 spiro atoms. The van der Waals surface area contributed by atoms with Crippen LogP contribution < -0.4 is 10.1 Å². The maximum absolute atomic E-state index is 12.4. The molecule has 0 radical (unpaired) electrons. The van der Waals surface area contributed by atoms with Gasteiger partial charge in [-0.2, -0.15) is 5.26 Å². The van der Waals surface area contributed by atoms with Gasteiger partial charge in [0.25, 0.3) is 5.91 Å². The molecule has 2 N–H and O–H groups in total. The zero-order chi connectivity index (χ0) is 20.0. The molecule has 9 heteroatoms. The summed E-state index contributed by atoms with van der Waals surface area (Å²) in [5.41, 5.74) is 0.857. The molecule has 138 valence electrons. The van der Waals surface area contributed by atoms with Gasteiger partial charge in [-0.05, 0) is 74.4 Å². The molecular formula is C18H11BrClIN2O4. The maximum Gasteiger partial charge on any atom is 0.341 e. The van der Waals surface area contributed by atoms with Crippen molar-refractivity contribution < 1.29 is 19.4 Å². The number of hydrogen-bond acceptors (Lipinski definition) is 4. The Balaban J connectivity index is 2.27. The summed E-state index contributed by atoms with van der Waals surface area (Å²) in [7, 11) is 0. The summed E-state index contributed by atoms with van der Waals surface area (Å²) < 4.78 is 6.35. The van der Waals surface area contributed by atoms with Gasteiger partial charge in [0.05, 0.1) is 18.8 Å². The predicted octanol–water partition coefficient (Wildman–Crippen LogP) is 4.72. The van der Waals surface area contributed by atoms with E-state index in [0.717, 1.165) is 0 Å². The minimum Gasteiger partial charge on any atom is -0.480 e.